The standard InChI is InChI=1S/C22H17FN4O3S2/c23-15-5-3-14(4-6-15)19-18(12-24)31-21(26-19)25-9-10-30-16-7-1-13(2-8-16)11-17-20(28)27-22(29)32-17/h1-8,17H,9-11H2,(H,25,26)(H,27,28,29). The molecular formula is C22H17FN4O3S2. The molecule has 162 valence electrons. The fourth-order valence-corrected chi connectivity index (χ4v) is 4.74. The number of thioether (sulfide) groups is 1. The van der Waals surface area contributed by atoms with E-state index >= 15 is 0 Å². The zero-order chi connectivity index (χ0) is 22.5. The van der Waals surface area contributed by atoms with Gasteiger partial charge < -0.3 is 10.1 Å². The first-order valence-corrected chi connectivity index (χ1v) is 11.4. The number of anilines is 1. The Hall–Kier alpha value is -3.42. The molecule has 0 spiro atoms. The van der Waals surface area contributed by atoms with Gasteiger partial charge in [-0.15, -0.1) is 0 Å². The summed E-state index contributed by atoms with van der Waals surface area (Å²) in [5.74, 6) is 0.0822. The predicted octanol–water partition coefficient (Wildman–Crippen LogP) is 4.21. The number of nitrogens with one attached hydrogen (secondary N) is 2. The summed E-state index contributed by atoms with van der Waals surface area (Å²) in [4.78, 5) is 27.8. The maximum absolute atomic E-state index is 13.1. The summed E-state index contributed by atoms with van der Waals surface area (Å²) in [5.41, 5.74) is 2.15. The van der Waals surface area contributed by atoms with Gasteiger partial charge in [0.15, 0.2) is 5.13 Å². The molecule has 3 aromatic rings. The number of hydrogen-bond donors (Lipinski definition) is 2. The molecule has 2 N–H and O–H groups in total. The molecule has 1 fully saturated rings. The van der Waals surface area contributed by atoms with Crippen molar-refractivity contribution in [2.75, 3.05) is 18.5 Å². The number of ether oxygens (including phenoxy) is 1. The Kier molecular flexibility index (Phi) is 6.68. The number of amides is 2. The van der Waals surface area contributed by atoms with Gasteiger partial charge in [-0.25, -0.2) is 9.37 Å². The molecule has 0 radical (unpaired) electrons. The van der Waals surface area contributed by atoms with Crippen LogP contribution in [0.2, 0.25) is 0 Å². The molecule has 1 aromatic heterocycles. The van der Waals surface area contributed by atoms with Crippen molar-refractivity contribution in [1.29, 1.82) is 5.26 Å². The third-order valence-electron chi connectivity index (χ3n) is 4.60. The van der Waals surface area contributed by atoms with E-state index in [0.29, 0.717) is 46.6 Å². The van der Waals surface area contributed by atoms with Gasteiger partial charge in [0.1, 0.15) is 34.8 Å². The molecule has 0 bridgehead atoms. The summed E-state index contributed by atoms with van der Waals surface area (Å²) in [5, 5.41) is 14.7. The van der Waals surface area contributed by atoms with Gasteiger partial charge in [-0.3, -0.25) is 14.9 Å². The highest BCUT2D eigenvalue weighted by Crippen LogP contribution is 2.30. The maximum Gasteiger partial charge on any atom is 0.286 e. The molecular weight excluding hydrogens is 451 g/mol. The molecule has 0 saturated carbocycles. The molecule has 4 rings (SSSR count). The molecule has 2 heterocycles. The van der Waals surface area contributed by atoms with Gasteiger partial charge in [0, 0.05) is 5.56 Å². The second-order valence-electron chi connectivity index (χ2n) is 6.82. The van der Waals surface area contributed by atoms with Crippen LogP contribution < -0.4 is 15.4 Å². The highest BCUT2D eigenvalue weighted by Gasteiger charge is 2.31. The van der Waals surface area contributed by atoms with Crippen LogP contribution in [0.15, 0.2) is 48.5 Å². The summed E-state index contributed by atoms with van der Waals surface area (Å²) in [6, 6.07) is 15.4. The summed E-state index contributed by atoms with van der Waals surface area (Å²) in [6.07, 6.45) is 0.478. The van der Waals surface area contributed by atoms with Gasteiger partial charge in [-0.1, -0.05) is 35.2 Å². The third kappa shape index (κ3) is 5.25. The van der Waals surface area contributed by atoms with Crippen LogP contribution in [0.3, 0.4) is 0 Å². The summed E-state index contributed by atoms with van der Waals surface area (Å²) in [6.45, 7) is 0.853. The van der Waals surface area contributed by atoms with Crippen LogP contribution in [0.4, 0.5) is 14.3 Å². The van der Waals surface area contributed by atoms with Crippen LogP contribution in [0.25, 0.3) is 11.3 Å². The number of rotatable bonds is 8. The summed E-state index contributed by atoms with van der Waals surface area (Å²) in [7, 11) is 0. The highest BCUT2D eigenvalue weighted by molar-refractivity contribution is 8.15. The second kappa shape index (κ2) is 9.80. The molecule has 0 aliphatic carbocycles. The van der Waals surface area contributed by atoms with Gasteiger partial charge in [-0.05, 0) is 48.4 Å². The first-order valence-electron chi connectivity index (χ1n) is 9.66. The van der Waals surface area contributed by atoms with E-state index in [1.165, 1.54) is 23.5 Å². The number of carbonyl (C=O) groups excluding carboxylic acids is 2. The van der Waals surface area contributed by atoms with E-state index in [-0.39, 0.29) is 17.0 Å². The van der Waals surface area contributed by atoms with Gasteiger partial charge in [0.2, 0.25) is 5.91 Å². The molecule has 1 aliphatic rings. The topological polar surface area (TPSA) is 104 Å². The molecule has 1 unspecified atom stereocenters. The molecule has 32 heavy (non-hydrogen) atoms. The third-order valence-corrected chi connectivity index (χ3v) is 6.50. The molecule has 1 saturated heterocycles. The number of thiazole rings is 1. The Labute approximate surface area is 191 Å². The average Bonchev–Trinajstić information content (AvgIpc) is 3.35. The Morgan fingerprint density at radius 1 is 1.16 bits per heavy atom. The quantitative estimate of drug-likeness (QED) is 0.477. The van der Waals surface area contributed by atoms with E-state index in [0.717, 1.165) is 17.3 Å². The largest absolute Gasteiger partial charge is 0.492 e. The highest BCUT2D eigenvalue weighted by atomic mass is 32.2. The number of hydrogen-bond acceptors (Lipinski definition) is 8. The smallest absolute Gasteiger partial charge is 0.286 e. The van der Waals surface area contributed by atoms with Crippen LogP contribution in [0.5, 0.6) is 5.75 Å². The van der Waals surface area contributed by atoms with Crippen molar-refractivity contribution in [3.05, 3.63) is 64.8 Å². The SMILES string of the molecule is N#Cc1sc(NCCOc2ccc(CC3SC(=O)NC3=O)cc2)nc1-c1ccc(F)cc1. The molecule has 1 atom stereocenters. The van der Waals surface area contributed by atoms with Crippen LogP contribution in [0, 0.1) is 17.1 Å². The average molecular weight is 469 g/mol. The number of nitriles is 1. The zero-order valence-corrected chi connectivity index (χ0v) is 18.3. The van der Waals surface area contributed by atoms with E-state index in [1.54, 1.807) is 12.1 Å². The lowest BCUT2D eigenvalue weighted by Crippen LogP contribution is -2.25. The van der Waals surface area contributed by atoms with Crippen molar-refractivity contribution in [2.45, 2.75) is 11.7 Å². The van der Waals surface area contributed by atoms with Crippen molar-refractivity contribution in [1.82, 2.24) is 10.3 Å². The van der Waals surface area contributed by atoms with Crippen molar-refractivity contribution in [3.8, 4) is 23.1 Å². The molecule has 10 heteroatoms. The van der Waals surface area contributed by atoms with E-state index in [4.69, 9.17) is 4.74 Å². The number of aromatic nitrogens is 1. The van der Waals surface area contributed by atoms with Gasteiger partial charge >= 0.3 is 0 Å². The van der Waals surface area contributed by atoms with Crippen molar-refractivity contribution in [2.24, 2.45) is 0 Å². The lowest BCUT2D eigenvalue weighted by Gasteiger charge is -2.09. The van der Waals surface area contributed by atoms with Gasteiger partial charge in [0.05, 0.1) is 11.8 Å². The minimum atomic E-state index is -0.394. The number of benzene rings is 2. The monoisotopic (exact) mass is 468 g/mol. The van der Waals surface area contributed by atoms with E-state index in [9.17, 15) is 19.2 Å². The van der Waals surface area contributed by atoms with Crippen molar-refractivity contribution >= 4 is 39.4 Å². The predicted molar refractivity (Wildman–Crippen MR) is 121 cm³/mol. The summed E-state index contributed by atoms with van der Waals surface area (Å²) < 4.78 is 18.9. The van der Waals surface area contributed by atoms with Crippen LogP contribution in [0.1, 0.15) is 10.4 Å². The second-order valence-corrected chi connectivity index (χ2v) is 9.00. The number of halogens is 1. The maximum atomic E-state index is 13.1. The van der Waals surface area contributed by atoms with Crippen LogP contribution >= 0.6 is 23.1 Å². The van der Waals surface area contributed by atoms with Crippen LogP contribution in [-0.4, -0.2) is 34.5 Å². The first kappa shape index (κ1) is 21.8. The van der Waals surface area contributed by atoms with Gasteiger partial charge in [0.25, 0.3) is 5.24 Å². The van der Waals surface area contributed by atoms with Gasteiger partial charge in [-0.2, -0.15) is 5.26 Å². The lowest BCUT2D eigenvalue weighted by molar-refractivity contribution is -0.118. The van der Waals surface area contributed by atoms with E-state index < -0.39 is 5.25 Å². The Morgan fingerprint density at radius 2 is 1.91 bits per heavy atom. The van der Waals surface area contributed by atoms with E-state index in [1.807, 2.05) is 24.3 Å². The molecule has 2 amide bonds. The number of imide groups is 1. The molecule has 2 aromatic carbocycles. The fraction of sp³-hybridized carbons (Fsp3) is 0.182. The Balaban J connectivity index is 1.27. The Morgan fingerprint density at radius 3 is 2.56 bits per heavy atom. The normalized spacial score (nSPS) is 15.3. The molecule has 7 nitrogen and oxygen atoms in total. The Bertz CT molecular complexity index is 1170. The fourth-order valence-electron chi connectivity index (χ4n) is 3.07. The van der Waals surface area contributed by atoms with Crippen molar-refractivity contribution in [3.63, 3.8) is 0 Å². The summed E-state index contributed by atoms with van der Waals surface area (Å²) >= 11 is 2.24. The van der Waals surface area contributed by atoms with Crippen LogP contribution in [-0.2, 0) is 11.2 Å². The number of carbonyl (C=O) groups is 2. The minimum Gasteiger partial charge on any atom is -0.492 e. The minimum absolute atomic E-state index is 0.254. The first-order chi connectivity index (χ1) is 15.5. The molecule has 1 aliphatic heterocycles. The van der Waals surface area contributed by atoms with E-state index in [2.05, 4.69) is 21.7 Å². The van der Waals surface area contributed by atoms with Crippen molar-refractivity contribution < 1.29 is 18.7 Å². The lowest BCUT2D eigenvalue weighted by atomic mass is 10.1. The number of nitrogens with zero attached hydrogens (tertiary/aromatic N) is 2. The zero-order valence-electron chi connectivity index (χ0n) is 16.6.